The van der Waals surface area contributed by atoms with Gasteiger partial charge in [-0.05, 0) is 12.1 Å². The number of nitrogens with two attached hydrogens (primary N) is 1. The smallest absolute Gasteiger partial charge is 0.404 e. The molecule has 0 radical (unpaired) electrons. The van der Waals surface area contributed by atoms with E-state index in [0.717, 1.165) is 0 Å². The quantitative estimate of drug-likeness (QED) is 0.549. The van der Waals surface area contributed by atoms with Crippen molar-refractivity contribution < 1.29 is 18.9 Å². The van der Waals surface area contributed by atoms with Crippen molar-refractivity contribution in [1.82, 2.24) is 0 Å². The van der Waals surface area contributed by atoms with Crippen molar-refractivity contribution in [3.8, 4) is 5.75 Å². The lowest BCUT2D eigenvalue weighted by atomic mass is 10.1. The molecule has 6 heteroatoms. The van der Waals surface area contributed by atoms with Gasteiger partial charge < -0.3 is 10.3 Å². The Hall–Kier alpha value is -1.55. The first-order valence-corrected chi connectivity index (χ1v) is 6.03. The maximum absolute atomic E-state index is 10.8. The molecule has 5 nitrogen and oxygen atoms in total. The average molecular weight is 239 g/mol. The summed E-state index contributed by atoms with van der Waals surface area (Å²) in [5.41, 5.74) is 6.28. The molecule has 0 aliphatic carbocycles. The van der Waals surface area contributed by atoms with Gasteiger partial charge in [0.15, 0.2) is 0 Å². The molecule has 2 aromatic rings. The van der Waals surface area contributed by atoms with Crippen LogP contribution in [0.4, 0.5) is 5.69 Å². The summed E-state index contributed by atoms with van der Waals surface area (Å²) in [5.74, 6) is 0.123. The van der Waals surface area contributed by atoms with Crippen LogP contribution >= 0.6 is 7.82 Å². The van der Waals surface area contributed by atoms with Gasteiger partial charge in [-0.25, -0.2) is 4.57 Å². The second kappa shape index (κ2) is 3.79. The summed E-state index contributed by atoms with van der Waals surface area (Å²) in [4.78, 5) is 17.5. The fourth-order valence-corrected chi connectivity index (χ4v) is 1.92. The molecule has 0 fully saturated rings. The lowest BCUT2D eigenvalue weighted by molar-refractivity contribution is 0.284. The van der Waals surface area contributed by atoms with Crippen molar-refractivity contribution in [2.75, 3.05) is 5.73 Å². The van der Waals surface area contributed by atoms with E-state index in [0.29, 0.717) is 16.5 Å². The van der Waals surface area contributed by atoms with Crippen molar-refractivity contribution in [3.63, 3.8) is 0 Å². The molecule has 0 aromatic heterocycles. The molecule has 2 aromatic carbocycles. The summed E-state index contributed by atoms with van der Waals surface area (Å²) >= 11 is 0. The Labute approximate surface area is 91.7 Å². The molecule has 2 rings (SSSR count). The van der Waals surface area contributed by atoms with Crippen LogP contribution in [0, 0.1) is 0 Å². The van der Waals surface area contributed by atoms with E-state index in [9.17, 15) is 4.57 Å². The lowest BCUT2D eigenvalue weighted by Gasteiger charge is -2.10. The number of hydrogen-bond donors (Lipinski definition) is 3. The molecule has 84 valence electrons. The minimum Gasteiger partial charge on any atom is -0.404 e. The molecule has 0 bridgehead atoms. The van der Waals surface area contributed by atoms with E-state index < -0.39 is 7.82 Å². The van der Waals surface area contributed by atoms with Gasteiger partial charge in [-0.2, -0.15) is 0 Å². The first kappa shape index (κ1) is 11.0. The first-order valence-electron chi connectivity index (χ1n) is 4.50. The third-order valence-electron chi connectivity index (χ3n) is 2.14. The van der Waals surface area contributed by atoms with Crippen molar-refractivity contribution >= 4 is 24.3 Å². The second-order valence-electron chi connectivity index (χ2n) is 3.28. The normalized spacial score (nSPS) is 11.6. The van der Waals surface area contributed by atoms with Crippen LogP contribution in [-0.4, -0.2) is 9.79 Å². The van der Waals surface area contributed by atoms with Gasteiger partial charge in [0.05, 0.1) is 0 Å². The molecule has 0 saturated carbocycles. The van der Waals surface area contributed by atoms with Gasteiger partial charge in [-0.1, -0.05) is 24.3 Å². The molecule has 0 aliphatic heterocycles. The Morgan fingerprint density at radius 1 is 1.06 bits per heavy atom. The fraction of sp³-hybridized carbons (Fsp3) is 0. The topological polar surface area (TPSA) is 92.8 Å². The first-order chi connectivity index (χ1) is 7.47. The molecule has 16 heavy (non-hydrogen) atoms. The van der Waals surface area contributed by atoms with E-state index in [2.05, 4.69) is 4.52 Å². The number of rotatable bonds is 2. The molecular weight excluding hydrogens is 229 g/mol. The van der Waals surface area contributed by atoms with Crippen molar-refractivity contribution in [2.24, 2.45) is 0 Å². The van der Waals surface area contributed by atoms with E-state index in [4.69, 9.17) is 15.5 Å². The number of nitrogen functional groups attached to an aromatic ring is 1. The standard InChI is InChI=1S/C10H10NO4P/c11-9-5-6-10(15-16(12,13)14)8-4-2-1-3-7(8)9/h1-6H,11H2,(H2,12,13,14). The molecule has 0 heterocycles. The molecule has 0 saturated heterocycles. The minimum absolute atomic E-state index is 0.123. The predicted molar refractivity (Wildman–Crippen MR) is 61.0 cm³/mol. The van der Waals surface area contributed by atoms with Gasteiger partial charge in [0.1, 0.15) is 5.75 Å². The summed E-state index contributed by atoms with van der Waals surface area (Å²) in [7, 11) is -4.55. The Kier molecular flexibility index (Phi) is 2.59. The van der Waals surface area contributed by atoms with E-state index in [1.54, 1.807) is 30.3 Å². The van der Waals surface area contributed by atoms with Crippen molar-refractivity contribution in [1.29, 1.82) is 0 Å². The Bertz CT molecular complexity index is 578. The van der Waals surface area contributed by atoms with Crippen LogP contribution in [0.3, 0.4) is 0 Å². The van der Waals surface area contributed by atoms with Crippen molar-refractivity contribution in [3.05, 3.63) is 36.4 Å². The Balaban J connectivity index is 2.63. The minimum atomic E-state index is -4.55. The zero-order chi connectivity index (χ0) is 11.8. The average Bonchev–Trinajstić information content (AvgIpc) is 2.21. The number of phosphoric ester groups is 1. The molecule has 0 spiro atoms. The van der Waals surface area contributed by atoms with Gasteiger partial charge in [-0.15, -0.1) is 0 Å². The summed E-state index contributed by atoms with van der Waals surface area (Å²) in [6.45, 7) is 0. The molecule has 0 amide bonds. The number of hydrogen-bond acceptors (Lipinski definition) is 3. The monoisotopic (exact) mass is 239 g/mol. The highest BCUT2D eigenvalue weighted by atomic mass is 31.2. The summed E-state index contributed by atoms with van der Waals surface area (Å²) in [6, 6.07) is 9.98. The van der Waals surface area contributed by atoms with E-state index in [1.165, 1.54) is 6.07 Å². The van der Waals surface area contributed by atoms with Gasteiger partial charge in [-0.3, -0.25) is 9.79 Å². The Morgan fingerprint density at radius 3 is 2.31 bits per heavy atom. The molecule has 0 unspecified atom stereocenters. The largest absolute Gasteiger partial charge is 0.524 e. The number of phosphoric acid groups is 1. The Morgan fingerprint density at radius 2 is 1.69 bits per heavy atom. The maximum atomic E-state index is 10.8. The van der Waals surface area contributed by atoms with Gasteiger partial charge in [0.2, 0.25) is 0 Å². The third kappa shape index (κ3) is 2.17. The zero-order valence-electron chi connectivity index (χ0n) is 8.20. The summed E-state index contributed by atoms with van der Waals surface area (Å²) in [6.07, 6.45) is 0. The fourth-order valence-electron chi connectivity index (χ4n) is 1.50. The van der Waals surface area contributed by atoms with Crippen LogP contribution in [0.25, 0.3) is 10.8 Å². The van der Waals surface area contributed by atoms with Gasteiger partial charge in [0, 0.05) is 16.5 Å². The van der Waals surface area contributed by atoms with Crippen LogP contribution in [0.15, 0.2) is 36.4 Å². The van der Waals surface area contributed by atoms with E-state index >= 15 is 0 Å². The third-order valence-corrected chi connectivity index (χ3v) is 2.57. The molecule has 4 N–H and O–H groups in total. The molecule has 0 aliphatic rings. The van der Waals surface area contributed by atoms with Crippen LogP contribution < -0.4 is 10.3 Å². The van der Waals surface area contributed by atoms with Gasteiger partial charge >= 0.3 is 7.82 Å². The van der Waals surface area contributed by atoms with Crippen LogP contribution in [0.1, 0.15) is 0 Å². The summed E-state index contributed by atoms with van der Waals surface area (Å²) < 4.78 is 15.4. The number of fused-ring (bicyclic) bond motifs is 1. The highest BCUT2D eigenvalue weighted by Gasteiger charge is 2.17. The van der Waals surface area contributed by atoms with Crippen LogP contribution in [-0.2, 0) is 4.57 Å². The van der Waals surface area contributed by atoms with E-state index in [1.807, 2.05) is 0 Å². The predicted octanol–water partition coefficient (Wildman–Crippen LogP) is 1.89. The number of anilines is 1. The van der Waals surface area contributed by atoms with Crippen molar-refractivity contribution in [2.45, 2.75) is 0 Å². The van der Waals surface area contributed by atoms with E-state index in [-0.39, 0.29) is 5.75 Å². The second-order valence-corrected chi connectivity index (χ2v) is 4.44. The summed E-state index contributed by atoms with van der Waals surface area (Å²) in [5, 5.41) is 1.28. The molecular formula is C10H10NO4P. The number of benzene rings is 2. The lowest BCUT2D eigenvalue weighted by Crippen LogP contribution is -1.93. The molecule has 0 atom stereocenters. The van der Waals surface area contributed by atoms with Gasteiger partial charge in [0.25, 0.3) is 0 Å². The zero-order valence-corrected chi connectivity index (χ0v) is 9.09. The maximum Gasteiger partial charge on any atom is 0.524 e. The highest BCUT2D eigenvalue weighted by Crippen LogP contribution is 2.41. The van der Waals surface area contributed by atoms with Crippen LogP contribution in [0.2, 0.25) is 0 Å². The SMILES string of the molecule is Nc1ccc(OP(=O)(O)O)c2ccccc12. The van der Waals surface area contributed by atoms with Crippen LogP contribution in [0.5, 0.6) is 5.75 Å². The highest BCUT2D eigenvalue weighted by molar-refractivity contribution is 7.46.